The van der Waals surface area contributed by atoms with Crippen LogP contribution in [-0.4, -0.2) is 13.5 Å². The number of hydrogen-bond acceptors (Lipinski definition) is 4. The molecule has 0 unspecified atom stereocenters. The van der Waals surface area contributed by atoms with Crippen molar-refractivity contribution < 1.29 is 18.3 Å². The van der Waals surface area contributed by atoms with Crippen LogP contribution in [0.2, 0.25) is 0 Å². The summed E-state index contributed by atoms with van der Waals surface area (Å²) < 4.78 is 31.3. The molecule has 4 nitrogen and oxygen atoms in total. The van der Waals surface area contributed by atoms with Gasteiger partial charge in [-0.3, -0.25) is 0 Å². The zero-order valence-electron chi connectivity index (χ0n) is 17.9. The summed E-state index contributed by atoms with van der Waals surface area (Å²) in [6, 6.07) is 29.8. The van der Waals surface area contributed by atoms with E-state index in [0.717, 1.165) is 11.1 Å². The molecule has 4 aromatic rings. The summed E-state index contributed by atoms with van der Waals surface area (Å²) in [6.45, 7) is 4.25. The fourth-order valence-corrected chi connectivity index (χ4v) is 4.83. The third-order valence-electron chi connectivity index (χ3n) is 5.59. The Hall–Kier alpha value is -3.57. The molecule has 0 saturated carbocycles. The smallest absolute Gasteiger partial charge is 0.206 e. The van der Waals surface area contributed by atoms with Crippen LogP contribution < -0.4 is 4.74 Å². The van der Waals surface area contributed by atoms with Crippen molar-refractivity contribution >= 4 is 9.84 Å². The Morgan fingerprint density at radius 1 is 0.625 bits per heavy atom. The molecule has 0 amide bonds. The molecular formula is C27H24O4S. The highest BCUT2D eigenvalue weighted by Gasteiger charge is 2.23. The third kappa shape index (κ3) is 4.39. The van der Waals surface area contributed by atoms with Gasteiger partial charge in [0.1, 0.15) is 17.2 Å². The number of benzene rings is 4. The van der Waals surface area contributed by atoms with E-state index in [1.54, 1.807) is 66.7 Å². The highest BCUT2D eigenvalue weighted by Crippen LogP contribution is 2.34. The van der Waals surface area contributed by atoms with E-state index < -0.39 is 9.84 Å². The molecule has 0 aliphatic heterocycles. The molecule has 0 atom stereocenters. The Morgan fingerprint density at radius 3 is 1.59 bits per heavy atom. The first kappa shape index (κ1) is 21.7. The van der Waals surface area contributed by atoms with Crippen molar-refractivity contribution in [3.63, 3.8) is 0 Å². The van der Waals surface area contributed by atoms with E-state index in [1.165, 1.54) is 0 Å². The van der Waals surface area contributed by atoms with Gasteiger partial charge in [-0.15, -0.1) is 0 Å². The fourth-order valence-electron chi connectivity index (χ4n) is 3.54. The maximum atomic E-state index is 12.7. The summed E-state index contributed by atoms with van der Waals surface area (Å²) in [6.07, 6.45) is 0. The number of ether oxygens (including phenoxy) is 1. The first-order valence-corrected chi connectivity index (χ1v) is 11.7. The average molecular weight is 445 g/mol. The summed E-state index contributed by atoms with van der Waals surface area (Å²) >= 11 is 0. The number of rotatable bonds is 6. The van der Waals surface area contributed by atoms with Crippen LogP contribution in [0.15, 0.2) is 113 Å². The van der Waals surface area contributed by atoms with Crippen LogP contribution in [0, 0.1) is 0 Å². The van der Waals surface area contributed by atoms with Crippen LogP contribution in [0.3, 0.4) is 0 Å². The number of sulfone groups is 1. The van der Waals surface area contributed by atoms with Gasteiger partial charge in [-0.05, 0) is 71.8 Å². The molecular weight excluding hydrogens is 420 g/mol. The first-order valence-electron chi connectivity index (χ1n) is 10.2. The van der Waals surface area contributed by atoms with Gasteiger partial charge in [-0.1, -0.05) is 56.3 Å². The molecule has 0 fully saturated rings. The second-order valence-electron chi connectivity index (χ2n) is 8.09. The minimum absolute atomic E-state index is 0.224. The lowest BCUT2D eigenvalue weighted by atomic mass is 9.78. The first-order chi connectivity index (χ1) is 15.3. The third-order valence-corrected chi connectivity index (χ3v) is 7.37. The molecule has 32 heavy (non-hydrogen) atoms. The Balaban J connectivity index is 1.50. The summed E-state index contributed by atoms with van der Waals surface area (Å²) in [7, 11) is -3.55. The van der Waals surface area contributed by atoms with Crippen LogP contribution in [0.4, 0.5) is 0 Å². The molecule has 0 radical (unpaired) electrons. The van der Waals surface area contributed by atoms with E-state index >= 15 is 0 Å². The lowest BCUT2D eigenvalue weighted by Gasteiger charge is -2.26. The zero-order valence-corrected chi connectivity index (χ0v) is 18.7. The van der Waals surface area contributed by atoms with Crippen molar-refractivity contribution in [2.45, 2.75) is 29.1 Å². The maximum absolute atomic E-state index is 12.7. The highest BCUT2D eigenvalue weighted by atomic mass is 32.2. The summed E-state index contributed by atoms with van der Waals surface area (Å²) in [5.41, 5.74) is 1.97. The number of aromatic hydroxyl groups is 1. The largest absolute Gasteiger partial charge is 0.508 e. The van der Waals surface area contributed by atoms with E-state index in [9.17, 15) is 13.5 Å². The van der Waals surface area contributed by atoms with E-state index in [-0.39, 0.29) is 21.0 Å². The van der Waals surface area contributed by atoms with Crippen molar-refractivity contribution in [3.05, 3.63) is 114 Å². The Labute approximate surface area is 188 Å². The molecule has 0 saturated heterocycles. The molecule has 0 aromatic heterocycles. The van der Waals surface area contributed by atoms with Gasteiger partial charge < -0.3 is 9.84 Å². The maximum Gasteiger partial charge on any atom is 0.206 e. The van der Waals surface area contributed by atoms with Gasteiger partial charge in [0.25, 0.3) is 0 Å². The van der Waals surface area contributed by atoms with Crippen LogP contribution in [0.25, 0.3) is 0 Å². The van der Waals surface area contributed by atoms with Gasteiger partial charge in [0.05, 0.1) is 9.79 Å². The van der Waals surface area contributed by atoms with Gasteiger partial charge in [-0.25, -0.2) is 8.42 Å². The van der Waals surface area contributed by atoms with Gasteiger partial charge in [0.15, 0.2) is 0 Å². The molecule has 1 N–H and O–H groups in total. The molecule has 0 heterocycles. The lowest BCUT2D eigenvalue weighted by molar-refractivity contribution is 0.474. The van der Waals surface area contributed by atoms with Crippen LogP contribution >= 0.6 is 0 Å². The minimum Gasteiger partial charge on any atom is -0.508 e. The topological polar surface area (TPSA) is 63.6 Å². The Morgan fingerprint density at radius 2 is 1.06 bits per heavy atom. The van der Waals surface area contributed by atoms with Crippen molar-refractivity contribution in [3.8, 4) is 17.2 Å². The number of phenols is 1. The van der Waals surface area contributed by atoms with Crippen LogP contribution in [0.5, 0.6) is 17.2 Å². The van der Waals surface area contributed by atoms with Gasteiger partial charge in [-0.2, -0.15) is 0 Å². The molecule has 0 aliphatic rings. The standard InChI is InChI=1S/C27H24O4S/c1-27(2,20-8-12-22(28)13-9-20)21-10-14-23(15-11-21)31-24-16-18-26(19-17-24)32(29,30)25-6-4-3-5-7-25/h3-19,28H,1-2H3. The predicted octanol–water partition coefficient (Wildman–Crippen LogP) is 6.34. The summed E-state index contributed by atoms with van der Waals surface area (Å²) in [5, 5.41) is 9.54. The number of phenolic OH excluding ortho intramolecular Hbond substituents is 1. The van der Waals surface area contributed by atoms with Crippen LogP contribution in [0.1, 0.15) is 25.0 Å². The second kappa shape index (κ2) is 8.52. The predicted molar refractivity (Wildman–Crippen MR) is 125 cm³/mol. The molecule has 0 aliphatic carbocycles. The number of hydrogen-bond donors (Lipinski definition) is 1. The van der Waals surface area contributed by atoms with E-state index in [0.29, 0.717) is 11.5 Å². The zero-order chi connectivity index (χ0) is 22.8. The molecule has 4 rings (SSSR count). The highest BCUT2D eigenvalue weighted by molar-refractivity contribution is 7.91. The Kier molecular flexibility index (Phi) is 5.76. The summed E-state index contributed by atoms with van der Waals surface area (Å²) in [4.78, 5) is 0.488. The fraction of sp³-hybridized carbons (Fsp3) is 0.111. The average Bonchev–Trinajstić information content (AvgIpc) is 2.81. The van der Waals surface area contributed by atoms with E-state index in [2.05, 4.69) is 13.8 Å². The molecule has 162 valence electrons. The van der Waals surface area contributed by atoms with Crippen molar-refractivity contribution in [1.29, 1.82) is 0 Å². The molecule has 0 spiro atoms. The SMILES string of the molecule is CC(C)(c1ccc(O)cc1)c1ccc(Oc2ccc(S(=O)(=O)c3ccccc3)cc2)cc1. The Bertz CT molecular complexity index is 1290. The molecule has 5 heteroatoms. The van der Waals surface area contributed by atoms with Crippen molar-refractivity contribution in [1.82, 2.24) is 0 Å². The molecule has 0 bridgehead atoms. The van der Waals surface area contributed by atoms with E-state index in [1.807, 2.05) is 36.4 Å². The van der Waals surface area contributed by atoms with E-state index in [4.69, 9.17) is 4.74 Å². The quantitative estimate of drug-likeness (QED) is 0.377. The van der Waals surface area contributed by atoms with Gasteiger partial charge in [0, 0.05) is 5.41 Å². The minimum atomic E-state index is -3.55. The van der Waals surface area contributed by atoms with Gasteiger partial charge >= 0.3 is 0 Å². The normalized spacial score (nSPS) is 11.8. The second-order valence-corrected chi connectivity index (χ2v) is 10.0. The van der Waals surface area contributed by atoms with Crippen molar-refractivity contribution in [2.75, 3.05) is 0 Å². The van der Waals surface area contributed by atoms with Gasteiger partial charge in [0.2, 0.25) is 9.84 Å². The van der Waals surface area contributed by atoms with Crippen LogP contribution in [-0.2, 0) is 15.3 Å². The molecule has 4 aromatic carbocycles. The summed E-state index contributed by atoms with van der Waals surface area (Å²) in [5.74, 6) is 1.47. The monoisotopic (exact) mass is 444 g/mol. The lowest BCUT2D eigenvalue weighted by Crippen LogP contribution is -2.18. The van der Waals surface area contributed by atoms with Crippen molar-refractivity contribution in [2.24, 2.45) is 0 Å².